The lowest BCUT2D eigenvalue weighted by Gasteiger charge is -2.16. The van der Waals surface area contributed by atoms with Gasteiger partial charge in [0.05, 0.1) is 18.1 Å². The van der Waals surface area contributed by atoms with Gasteiger partial charge in [0, 0.05) is 17.4 Å². The number of benzene rings is 1. The second-order valence-electron chi connectivity index (χ2n) is 3.94. The molecule has 1 atom stereocenters. The summed E-state index contributed by atoms with van der Waals surface area (Å²) >= 11 is 5.92. The van der Waals surface area contributed by atoms with E-state index in [2.05, 4.69) is 9.97 Å². The largest absolute Gasteiger partial charge is 0.416 e. The fourth-order valence-electron chi connectivity index (χ4n) is 1.79. The normalized spacial score (nSPS) is 13.5. The summed E-state index contributed by atoms with van der Waals surface area (Å²) in [6.07, 6.45) is -1.47. The molecule has 2 aromatic rings. The minimum Gasteiger partial charge on any atom is -0.395 e. The Hall–Kier alpha value is -1.53. The molecular formula is C12H10ClF3N2O. The highest BCUT2D eigenvalue weighted by Gasteiger charge is 2.32. The number of aromatic nitrogens is 2. The third-order valence-corrected chi connectivity index (χ3v) is 3.07. The maximum atomic E-state index is 12.7. The Bertz CT molecular complexity index is 555. The van der Waals surface area contributed by atoms with E-state index in [0.717, 1.165) is 12.1 Å². The number of aliphatic hydroxyl groups excluding tert-OH is 1. The van der Waals surface area contributed by atoms with Crippen LogP contribution in [0.5, 0.6) is 0 Å². The first-order valence-corrected chi connectivity index (χ1v) is 5.78. The summed E-state index contributed by atoms with van der Waals surface area (Å²) in [4.78, 5) is 6.70. The smallest absolute Gasteiger partial charge is 0.395 e. The van der Waals surface area contributed by atoms with Crippen LogP contribution < -0.4 is 0 Å². The highest BCUT2D eigenvalue weighted by Crippen LogP contribution is 2.35. The number of halogens is 4. The van der Waals surface area contributed by atoms with E-state index in [-0.39, 0.29) is 10.6 Å². The van der Waals surface area contributed by atoms with Crippen molar-refractivity contribution in [2.24, 2.45) is 0 Å². The van der Waals surface area contributed by atoms with Gasteiger partial charge in [-0.1, -0.05) is 11.6 Å². The number of hydrogen-bond acceptors (Lipinski definition) is 2. The Morgan fingerprint density at radius 1 is 1.37 bits per heavy atom. The molecule has 0 fully saturated rings. The number of H-pyrrole nitrogens is 1. The molecule has 7 heteroatoms. The van der Waals surface area contributed by atoms with Gasteiger partial charge in [0.1, 0.15) is 5.82 Å². The summed E-state index contributed by atoms with van der Waals surface area (Å²) in [5.74, 6) is -0.353. The number of nitrogens with one attached hydrogen (secondary N) is 1. The van der Waals surface area contributed by atoms with E-state index in [0.29, 0.717) is 5.82 Å². The predicted molar refractivity (Wildman–Crippen MR) is 64.0 cm³/mol. The average molecular weight is 291 g/mol. The standard InChI is InChI=1S/C12H10ClF3N2O/c13-10-2-1-7(12(14,15)16)5-8(10)9(6-19)11-17-3-4-18-11/h1-5,9,19H,6H2,(H,17,18). The summed E-state index contributed by atoms with van der Waals surface area (Å²) in [6, 6.07) is 3.01. The van der Waals surface area contributed by atoms with Crippen LogP contribution in [0.4, 0.5) is 13.2 Å². The molecule has 0 aliphatic heterocycles. The highest BCUT2D eigenvalue weighted by molar-refractivity contribution is 6.31. The molecule has 0 aliphatic carbocycles. The second kappa shape index (κ2) is 5.22. The van der Waals surface area contributed by atoms with Gasteiger partial charge >= 0.3 is 6.18 Å². The molecule has 102 valence electrons. The topological polar surface area (TPSA) is 48.9 Å². The molecule has 19 heavy (non-hydrogen) atoms. The Morgan fingerprint density at radius 2 is 2.11 bits per heavy atom. The first-order valence-electron chi connectivity index (χ1n) is 5.40. The molecule has 1 heterocycles. The summed E-state index contributed by atoms with van der Waals surface area (Å²) in [6.45, 7) is -0.394. The number of rotatable bonds is 3. The molecular weight excluding hydrogens is 281 g/mol. The zero-order valence-electron chi connectivity index (χ0n) is 9.58. The first kappa shape index (κ1) is 13.9. The minimum absolute atomic E-state index is 0.156. The lowest BCUT2D eigenvalue weighted by atomic mass is 9.97. The zero-order chi connectivity index (χ0) is 14.0. The van der Waals surface area contributed by atoms with Crippen LogP contribution in [0.15, 0.2) is 30.6 Å². The molecule has 0 spiro atoms. The highest BCUT2D eigenvalue weighted by atomic mass is 35.5. The Kier molecular flexibility index (Phi) is 3.82. The van der Waals surface area contributed by atoms with Crippen molar-refractivity contribution in [3.8, 4) is 0 Å². The monoisotopic (exact) mass is 290 g/mol. The van der Waals surface area contributed by atoms with E-state index in [9.17, 15) is 18.3 Å². The van der Waals surface area contributed by atoms with E-state index in [4.69, 9.17) is 11.6 Å². The Morgan fingerprint density at radius 3 is 2.63 bits per heavy atom. The minimum atomic E-state index is -4.46. The molecule has 0 bridgehead atoms. The molecule has 1 unspecified atom stereocenters. The van der Waals surface area contributed by atoms with Crippen LogP contribution in [0, 0.1) is 0 Å². The van der Waals surface area contributed by atoms with Crippen molar-refractivity contribution >= 4 is 11.6 Å². The van der Waals surface area contributed by atoms with Crippen LogP contribution in [-0.2, 0) is 6.18 Å². The van der Waals surface area contributed by atoms with Gasteiger partial charge < -0.3 is 10.1 Å². The summed E-state index contributed by atoms with van der Waals surface area (Å²) < 4.78 is 38.0. The molecule has 1 aromatic heterocycles. The summed E-state index contributed by atoms with van der Waals surface area (Å²) in [7, 11) is 0. The quantitative estimate of drug-likeness (QED) is 0.912. The maximum absolute atomic E-state index is 12.7. The van der Waals surface area contributed by atoms with Gasteiger partial charge in [0.25, 0.3) is 0 Å². The number of aromatic amines is 1. The van der Waals surface area contributed by atoms with Crippen LogP contribution >= 0.6 is 11.6 Å². The van der Waals surface area contributed by atoms with Gasteiger partial charge in [0.15, 0.2) is 0 Å². The fraction of sp³-hybridized carbons (Fsp3) is 0.250. The molecule has 0 saturated heterocycles. The maximum Gasteiger partial charge on any atom is 0.416 e. The Labute approximate surface area is 112 Å². The average Bonchev–Trinajstić information content (AvgIpc) is 2.84. The SMILES string of the molecule is OCC(c1ncc[nH]1)c1cc(C(F)(F)F)ccc1Cl. The van der Waals surface area contributed by atoms with E-state index in [1.165, 1.54) is 18.5 Å². The van der Waals surface area contributed by atoms with E-state index in [1.54, 1.807) is 0 Å². The molecule has 2 N–H and O–H groups in total. The Balaban J connectivity index is 2.48. The number of aliphatic hydroxyl groups is 1. The molecule has 0 radical (unpaired) electrons. The number of alkyl halides is 3. The van der Waals surface area contributed by atoms with Crippen LogP contribution in [0.2, 0.25) is 5.02 Å². The van der Waals surface area contributed by atoms with E-state index < -0.39 is 24.3 Å². The fourth-order valence-corrected chi connectivity index (χ4v) is 2.04. The van der Waals surface area contributed by atoms with E-state index in [1.807, 2.05) is 0 Å². The van der Waals surface area contributed by atoms with Crippen molar-refractivity contribution in [2.75, 3.05) is 6.61 Å². The van der Waals surface area contributed by atoms with Crippen LogP contribution in [0.1, 0.15) is 22.9 Å². The van der Waals surface area contributed by atoms with Gasteiger partial charge in [-0.3, -0.25) is 0 Å². The van der Waals surface area contributed by atoms with Gasteiger partial charge in [-0.15, -0.1) is 0 Å². The van der Waals surface area contributed by atoms with Crippen LogP contribution in [0.25, 0.3) is 0 Å². The van der Waals surface area contributed by atoms with Crippen molar-refractivity contribution in [3.05, 3.63) is 52.6 Å². The zero-order valence-corrected chi connectivity index (χ0v) is 10.3. The van der Waals surface area contributed by atoms with Crippen molar-refractivity contribution in [2.45, 2.75) is 12.1 Å². The van der Waals surface area contributed by atoms with Crippen LogP contribution in [-0.4, -0.2) is 21.7 Å². The lowest BCUT2D eigenvalue weighted by Crippen LogP contribution is -2.11. The third kappa shape index (κ3) is 2.90. The molecule has 2 rings (SSSR count). The first-order chi connectivity index (χ1) is 8.93. The summed E-state index contributed by atoms with van der Waals surface area (Å²) in [5.41, 5.74) is -0.620. The van der Waals surface area contributed by atoms with Gasteiger partial charge in [0.2, 0.25) is 0 Å². The number of hydrogen-bond donors (Lipinski definition) is 2. The molecule has 0 aliphatic rings. The second-order valence-corrected chi connectivity index (χ2v) is 4.35. The molecule has 1 aromatic carbocycles. The van der Waals surface area contributed by atoms with Crippen molar-refractivity contribution in [3.63, 3.8) is 0 Å². The van der Waals surface area contributed by atoms with Gasteiger partial charge in [-0.05, 0) is 23.8 Å². The van der Waals surface area contributed by atoms with Crippen LogP contribution in [0.3, 0.4) is 0 Å². The predicted octanol–water partition coefficient (Wildman–Crippen LogP) is 3.21. The van der Waals surface area contributed by atoms with Crippen molar-refractivity contribution in [1.82, 2.24) is 9.97 Å². The third-order valence-electron chi connectivity index (χ3n) is 2.73. The van der Waals surface area contributed by atoms with Gasteiger partial charge in [-0.25, -0.2) is 4.98 Å². The van der Waals surface area contributed by atoms with Crippen molar-refractivity contribution < 1.29 is 18.3 Å². The molecule has 0 saturated carbocycles. The summed E-state index contributed by atoms with van der Waals surface area (Å²) in [5, 5.41) is 9.53. The van der Waals surface area contributed by atoms with Gasteiger partial charge in [-0.2, -0.15) is 13.2 Å². The lowest BCUT2D eigenvalue weighted by molar-refractivity contribution is -0.137. The molecule has 3 nitrogen and oxygen atoms in total. The van der Waals surface area contributed by atoms with E-state index >= 15 is 0 Å². The molecule has 0 amide bonds. The number of imidazole rings is 1. The van der Waals surface area contributed by atoms with Crippen molar-refractivity contribution in [1.29, 1.82) is 0 Å². The number of nitrogens with zero attached hydrogens (tertiary/aromatic N) is 1.